The Kier molecular flexibility index (Phi) is 4.35. The molecule has 82 valence electrons. The summed E-state index contributed by atoms with van der Waals surface area (Å²) in [6, 6.07) is 3.83. The van der Waals surface area contributed by atoms with Crippen molar-refractivity contribution in [2.45, 2.75) is 5.38 Å². The third kappa shape index (κ3) is 3.68. The number of carboxylic acids is 1. The van der Waals surface area contributed by atoms with Crippen LogP contribution in [-0.4, -0.2) is 23.1 Å². The second-order valence-corrected chi connectivity index (χ2v) is 4.07. The van der Waals surface area contributed by atoms with E-state index in [1.807, 2.05) is 0 Å². The minimum absolute atomic E-state index is 0.179. The number of rotatable bonds is 4. The SMILES string of the molecule is O=C(O)C(Cl)COc1ccc(F)cc1Br. The first-order valence-electron chi connectivity index (χ1n) is 3.95. The van der Waals surface area contributed by atoms with Gasteiger partial charge in [-0.05, 0) is 34.1 Å². The van der Waals surface area contributed by atoms with Crippen LogP contribution >= 0.6 is 27.5 Å². The van der Waals surface area contributed by atoms with Gasteiger partial charge in [-0.3, -0.25) is 4.79 Å². The summed E-state index contributed by atoms with van der Waals surface area (Å²) in [5.74, 6) is -1.21. The highest BCUT2D eigenvalue weighted by atomic mass is 79.9. The second-order valence-electron chi connectivity index (χ2n) is 2.69. The number of hydrogen-bond acceptors (Lipinski definition) is 2. The van der Waals surface area contributed by atoms with Crippen LogP contribution in [0.1, 0.15) is 0 Å². The maximum absolute atomic E-state index is 12.7. The first kappa shape index (κ1) is 12.3. The summed E-state index contributed by atoms with van der Waals surface area (Å²) >= 11 is 8.51. The summed E-state index contributed by atoms with van der Waals surface area (Å²) in [5, 5.41) is 7.37. The van der Waals surface area contributed by atoms with Gasteiger partial charge in [-0.25, -0.2) is 4.39 Å². The molecule has 0 amide bonds. The zero-order valence-corrected chi connectivity index (χ0v) is 9.76. The Morgan fingerprint density at radius 1 is 1.67 bits per heavy atom. The molecule has 0 bridgehead atoms. The molecular formula is C9H7BrClFO3. The average Bonchev–Trinajstić information content (AvgIpc) is 2.15. The fourth-order valence-corrected chi connectivity index (χ4v) is 1.35. The molecule has 3 nitrogen and oxygen atoms in total. The number of carboxylic acid groups (broad SMARTS) is 1. The van der Waals surface area contributed by atoms with Gasteiger partial charge < -0.3 is 9.84 Å². The van der Waals surface area contributed by atoms with Gasteiger partial charge in [-0.2, -0.15) is 0 Å². The molecular weight excluding hydrogens is 290 g/mol. The van der Waals surface area contributed by atoms with E-state index in [0.717, 1.165) is 0 Å². The van der Waals surface area contributed by atoms with E-state index in [0.29, 0.717) is 10.2 Å². The van der Waals surface area contributed by atoms with E-state index >= 15 is 0 Å². The fourth-order valence-electron chi connectivity index (χ4n) is 0.826. The Bertz CT molecular complexity index is 372. The highest BCUT2D eigenvalue weighted by molar-refractivity contribution is 9.10. The molecule has 15 heavy (non-hydrogen) atoms. The van der Waals surface area contributed by atoms with Crippen LogP contribution in [0.5, 0.6) is 5.75 Å². The molecule has 1 aromatic rings. The molecule has 0 fully saturated rings. The van der Waals surface area contributed by atoms with Gasteiger partial charge in [-0.15, -0.1) is 11.6 Å². The number of carbonyl (C=O) groups is 1. The Hall–Kier alpha value is -0.810. The number of benzene rings is 1. The Labute approximate surface area is 98.9 Å². The topological polar surface area (TPSA) is 46.5 Å². The van der Waals surface area contributed by atoms with Crippen molar-refractivity contribution in [3.05, 3.63) is 28.5 Å². The van der Waals surface area contributed by atoms with Gasteiger partial charge in [0.25, 0.3) is 0 Å². The van der Waals surface area contributed by atoms with Crippen LogP contribution in [0.15, 0.2) is 22.7 Å². The van der Waals surface area contributed by atoms with Crippen molar-refractivity contribution in [1.29, 1.82) is 0 Å². The molecule has 0 aromatic heterocycles. The lowest BCUT2D eigenvalue weighted by atomic mass is 10.3. The molecule has 0 radical (unpaired) electrons. The van der Waals surface area contributed by atoms with E-state index in [9.17, 15) is 9.18 Å². The summed E-state index contributed by atoms with van der Waals surface area (Å²) < 4.78 is 18.2. The molecule has 1 atom stereocenters. The summed E-state index contributed by atoms with van der Waals surface area (Å²) in [4.78, 5) is 10.4. The minimum Gasteiger partial charge on any atom is -0.490 e. The summed E-state index contributed by atoms with van der Waals surface area (Å²) in [6.07, 6.45) is 0. The molecule has 0 saturated heterocycles. The van der Waals surface area contributed by atoms with Crippen LogP contribution in [-0.2, 0) is 4.79 Å². The van der Waals surface area contributed by atoms with Crippen molar-refractivity contribution in [3.63, 3.8) is 0 Å². The van der Waals surface area contributed by atoms with Crippen molar-refractivity contribution >= 4 is 33.5 Å². The second kappa shape index (κ2) is 5.32. The largest absolute Gasteiger partial charge is 0.490 e. The maximum Gasteiger partial charge on any atom is 0.325 e. The number of halogens is 3. The number of hydrogen-bond donors (Lipinski definition) is 1. The molecule has 0 aliphatic heterocycles. The Morgan fingerprint density at radius 2 is 2.33 bits per heavy atom. The Balaban J connectivity index is 2.62. The maximum atomic E-state index is 12.7. The smallest absolute Gasteiger partial charge is 0.325 e. The number of ether oxygens (including phenoxy) is 1. The first-order valence-corrected chi connectivity index (χ1v) is 5.18. The molecule has 0 spiro atoms. The van der Waals surface area contributed by atoms with Gasteiger partial charge in [-0.1, -0.05) is 0 Å². The van der Waals surface area contributed by atoms with Crippen LogP contribution in [0.2, 0.25) is 0 Å². The normalized spacial score (nSPS) is 12.2. The van der Waals surface area contributed by atoms with Gasteiger partial charge in [0.15, 0.2) is 5.38 Å². The van der Waals surface area contributed by atoms with Gasteiger partial charge in [0.1, 0.15) is 18.2 Å². The molecule has 0 aliphatic carbocycles. The third-order valence-corrected chi connectivity index (χ3v) is 2.48. The van der Waals surface area contributed by atoms with Crippen LogP contribution in [0.25, 0.3) is 0 Å². The van der Waals surface area contributed by atoms with Crippen molar-refractivity contribution in [3.8, 4) is 5.75 Å². The highest BCUT2D eigenvalue weighted by Crippen LogP contribution is 2.25. The van der Waals surface area contributed by atoms with Crippen molar-refractivity contribution in [2.75, 3.05) is 6.61 Å². The third-order valence-electron chi connectivity index (χ3n) is 1.55. The first-order chi connectivity index (χ1) is 7.00. The van der Waals surface area contributed by atoms with Gasteiger partial charge in [0, 0.05) is 0 Å². The molecule has 0 aliphatic rings. The van der Waals surface area contributed by atoms with E-state index in [-0.39, 0.29) is 6.61 Å². The molecule has 1 rings (SSSR count). The molecule has 1 unspecified atom stereocenters. The van der Waals surface area contributed by atoms with E-state index in [2.05, 4.69) is 15.9 Å². The lowest BCUT2D eigenvalue weighted by molar-refractivity contribution is -0.137. The lowest BCUT2D eigenvalue weighted by Gasteiger charge is -2.09. The van der Waals surface area contributed by atoms with E-state index < -0.39 is 17.2 Å². The summed E-state index contributed by atoms with van der Waals surface area (Å²) in [6.45, 7) is -0.179. The lowest BCUT2D eigenvalue weighted by Crippen LogP contribution is -2.21. The van der Waals surface area contributed by atoms with Crippen molar-refractivity contribution in [1.82, 2.24) is 0 Å². The quantitative estimate of drug-likeness (QED) is 0.869. The zero-order chi connectivity index (χ0) is 11.4. The fraction of sp³-hybridized carbons (Fsp3) is 0.222. The van der Waals surface area contributed by atoms with E-state index in [4.69, 9.17) is 21.4 Å². The molecule has 1 aromatic carbocycles. The van der Waals surface area contributed by atoms with Crippen LogP contribution in [0, 0.1) is 5.82 Å². The van der Waals surface area contributed by atoms with Crippen LogP contribution < -0.4 is 4.74 Å². The van der Waals surface area contributed by atoms with Crippen molar-refractivity contribution in [2.24, 2.45) is 0 Å². The number of alkyl halides is 1. The molecule has 0 heterocycles. The molecule has 6 heteroatoms. The Morgan fingerprint density at radius 3 is 2.87 bits per heavy atom. The van der Waals surface area contributed by atoms with E-state index in [1.165, 1.54) is 18.2 Å². The molecule has 1 N–H and O–H groups in total. The predicted molar refractivity (Wildman–Crippen MR) is 56.9 cm³/mol. The predicted octanol–water partition coefficient (Wildman–Crippen LogP) is 2.66. The summed E-state index contributed by atoms with van der Waals surface area (Å²) in [7, 11) is 0. The minimum atomic E-state index is -1.16. The van der Waals surface area contributed by atoms with E-state index in [1.54, 1.807) is 0 Å². The highest BCUT2D eigenvalue weighted by Gasteiger charge is 2.14. The number of aliphatic carboxylic acids is 1. The summed E-state index contributed by atoms with van der Waals surface area (Å²) in [5.41, 5.74) is 0. The monoisotopic (exact) mass is 296 g/mol. The molecule has 0 saturated carbocycles. The van der Waals surface area contributed by atoms with Gasteiger partial charge in [0.05, 0.1) is 4.47 Å². The standard InChI is InChI=1S/C9H7BrClFO3/c10-6-3-5(12)1-2-8(6)15-4-7(11)9(13)14/h1-3,7H,4H2,(H,13,14). The van der Waals surface area contributed by atoms with Gasteiger partial charge >= 0.3 is 5.97 Å². The van der Waals surface area contributed by atoms with Gasteiger partial charge in [0.2, 0.25) is 0 Å². The average molecular weight is 298 g/mol. The van der Waals surface area contributed by atoms with Crippen LogP contribution in [0.4, 0.5) is 4.39 Å². The zero-order valence-electron chi connectivity index (χ0n) is 7.41. The van der Waals surface area contributed by atoms with Crippen molar-refractivity contribution < 1.29 is 19.0 Å². The van der Waals surface area contributed by atoms with Crippen LogP contribution in [0.3, 0.4) is 0 Å².